The molecule has 0 heterocycles. The molecule has 5 aromatic rings. The molecule has 2 aliphatic carbocycles. The first-order chi connectivity index (χ1) is 22.6. The number of ketones is 1. The summed E-state index contributed by atoms with van der Waals surface area (Å²) in [7, 11) is 0. The zero-order valence-corrected chi connectivity index (χ0v) is 26.1. The molecule has 0 saturated carbocycles. The highest BCUT2D eigenvalue weighted by Gasteiger charge is 2.32. The summed E-state index contributed by atoms with van der Waals surface area (Å²) in [6, 6.07) is 43.7. The van der Waals surface area contributed by atoms with E-state index in [0.29, 0.717) is 0 Å². The summed E-state index contributed by atoms with van der Waals surface area (Å²) in [5.74, 6) is 0.226. The van der Waals surface area contributed by atoms with E-state index >= 15 is 0 Å². The third-order valence-corrected chi connectivity index (χ3v) is 8.84. The van der Waals surface area contributed by atoms with Crippen molar-refractivity contribution in [3.63, 3.8) is 0 Å². The van der Waals surface area contributed by atoms with Crippen molar-refractivity contribution in [3.05, 3.63) is 198 Å². The van der Waals surface area contributed by atoms with Gasteiger partial charge in [-0.3, -0.25) is 4.79 Å². The lowest BCUT2D eigenvalue weighted by Crippen LogP contribution is -2.21. The Bertz CT molecular complexity index is 2080. The SMILES string of the molecule is C\C=C(/C=C\C(=C1/C=CC=CC1C)N(c1cccc(-c2ccccc2)c1)c1cccc2c1C(=O)c1ccccc1-2)c1ccccc1. The van der Waals surface area contributed by atoms with Gasteiger partial charge in [0.1, 0.15) is 0 Å². The Morgan fingerprint density at radius 2 is 1.35 bits per heavy atom. The summed E-state index contributed by atoms with van der Waals surface area (Å²) in [6.07, 6.45) is 15.2. The van der Waals surface area contributed by atoms with Gasteiger partial charge in [-0.15, -0.1) is 0 Å². The summed E-state index contributed by atoms with van der Waals surface area (Å²) in [4.78, 5) is 16.5. The molecule has 0 aromatic heterocycles. The van der Waals surface area contributed by atoms with Crippen molar-refractivity contribution in [3.8, 4) is 22.3 Å². The highest BCUT2D eigenvalue weighted by molar-refractivity contribution is 6.25. The number of carbonyl (C=O) groups excluding carboxylic acids is 1. The highest BCUT2D eigenvalue weighted by atomic mass is 16.1. The molecule has 0 fully saturated rings. The van der Waals surface area contributed by atoms with Crippen LogP contribution in [0.5, 0.6) is 0 Å². The molecule has 2 heteroatoms. The van der Waals surface area contributed by atoms with Gasteiger partial charge in [0.15, 0.2) is 5.78 Å². The molecule has 0 bridgehead atoms. The second-order valence-corrected chi connectivity index (χ2v) is 11.6. The Hall–Kier alpha value is -5.73. The quantitative estimate of drug-likeness (QED) is 0.172. The van der Waals surface area contributed by atoms with Crippen molar-refractivity contribution in [2.24, 2.45) is 5.92 Å². The number of carbonyl (C=O) groups is 1. The summed E-state index contributed by atoms with van der Waals surface area (Å²) in [6.45, 7) is 4.30. The molecule has 0 radical (unpaired) electrons. The van der Waals surface area contributed by atoms with Crippen molar-refractivity contribution in [2.45, 2.75) is 13.8 Å². The smallest absolute Gasteiger partial charge is 0.196 e. The van der Waals surface area contributed by atoms with Crippen LogP contribution in [0.2, 0.25) is 0 Å². The van der Waals surface area contributed by atoms with Crippen LogP contribution in [-0.2, 0) is 0 Å². The molecule has 1 atom stereocenters. The molecule has 0 saturated heterocycles. The van der Waals surface area contributed by atoms with Crippen molar-refractivity contribution in [1.29, 1.82) is 0 Å². The van der Waals surface area contributed by atoms with Crippen LogP contribution < -0.4 is 4.90 Å². The number of rotatable bonds is 7. The fraction of sp³-hybridized carbons (Fsp3) is 0.0682. The minimum Gasteiger partial charge on any atom is -0.309 e. The lowest BCUT2D eigenvalue weighted by atomic mass is 9.92. The van der Waals surface area contributed by atoms with Gasteiger partial charge >= 0.3 is 0 Å². The van der Waals surface area contributed by atoms with E-state index in [1.165, 1.54) is 5.57 Å². The van der Waals surface area contributed by atoms with Gasteiger partial charge in [0.2, 0.25) is 0 Å². The summed E-state index contributed by atoms with van der Waals surface area (Å²) in [5.41, 5.74) is 12.0. The van der Waals surface area contributed by atoms with Crippen molar-refractivity contribution in [2.75, 3.05) is 4.90 Å². The fourth-order valence-corrected chi connectivity index (χ4v) is 6.53. The Balaban J connectivity index is 1.49. The lowest BCUT2D eigenvalue weighted by molar-refractivity contribution is 0.104. The molecule has 0 amide bonds. The number of allylic oxidation sites excluding steroid dienone is 9. The average molecular weight is 594 g/mol. The topological polar surface area (TPSA) is 20.3 Å². The molecule has 2 aliphatic rings. The van der Waals surface area contributed by atoms with E-state index in [-0.39, 0.29) is 11.7 Å². The van der Waals surface area contributed by atoms with E-state index in [4.69, 9.17) is 0 Å². The Morgan fingerprint density at radius 3 is 2.11 bits per heavy atom. The molecule has 46 heavy (non-hydrogen) atoms. The van der Waals surface area contributed by atoms with Gasteiger partial charge in [0.25, 0.3) is 0 Å². The van der Waals surface area contributed by atoms with Gasteiger partial charge in [0, 0.05) is 22.9 Å². The first kappa shape index (κ1) is 29.0. The second-order valence-electron chi connectivity index (χ2n) is 11.6. The molecular weight excluding hydrogens is 558 g/mol. The van der Waals surface area contributed by atoms with E-state index in [0.717, 1.165) is 61.6 Å². The second kappa shape index (κ2) is 12.7. The van der Waals surface area contributed by atoms with Gasteiger partial charge in [0.05, 0.1) is 11.3 Å². The first-order valence-corrected chi connectivity index (χ1v) is 15.9. The molecule has 1 unspecified atom stereocenters. The summed E-state index contributed by atoms with van der Waals surface area (Å²) < 4.78 is 0. The molecule has 7 rings (SSSR count). The van der Waals surface area contributed by atoms with Crippen LogP contribution in [0.3, 0.4) is 0 Å². The molecule has 2 nitrogen and oxygen atoms in total. The van der Waals surface area contributed by atoms with Crippen LogP contribution in [-0.4, -0.2) is 5.78 Å². The van der Waals surface area contributed by atoms with Crippen LogP contribution in [0.4, 0.5) is 11.4 Å². The van der Waals surface area contributed by atoms with Crippen LogP contribution in [0.15, 0.2) is 181 Å². The maximum atomic E-state index is 14.2. The normalized spacial score (nSPS) is 16.4. The van der Waals surface area contributed by atoms with Gasteiger partial charge in [-0.2, -0.15) is 0 Å². The molecule has 0 aliphatic heterocycles. The average Bonchev–Trinajstić information content (AvgIpc) is 3.41. The number of hydrogen-bond donors (Lipinski definition) is 0. The van der Waals surface area contributed by atoms with Crippen LogP contribution in [0, 0.1) is 5.92 Å². The molecular formula is C44H35NO. The van der Waals surface area contributed by atoms with Crippen molar-refractivity contribution >= 4 is 22.7 Å². The van der Waals surface area contributed by atoms with Gasteiger partial charge in [-0.25, -0.2) is 0 Å². The molecule has 0 spiro atoms. The van der Waals surface area contributed by atoms with Crippen molar-refractivity contribution in [1.82, 2.24) is 0 Å². The minimum atomic E-state index is 0.0595. The predicted octanol–water partition coefficient (Wildman–Crippen LogP) is 11.4. The third-order valence-electron chi connectivity index (χ3n) is 8.84. The van der Waals surface area contributed by atoms with E-state index < -0.39 is 0 Å². The predicted molar refractivity (Wildman–Crippen MR) is 193 cm³/mol. The number of fused-ring (bicyclic) bond motifs is 3. The fourth-order valence-electron chi connectivity index (χ4n) is 6.53. The largest absolute Gasteiger partial charge is 0.309 e. The molecule has 222 valence electrons. The summed E-state index contributed by atoms with van der Waals surface area (Å²) >= 11 is 0. The monoisotopic (exact) mass is 593 g/mol. The van der Waals surface area contributed by atoms with Crippen LogP contribution in [0.25, 0.3) is 27.8 Å². The van der Waals surface area contributed by atoms with E-state index in [2.05, 4.69) is 158 Å². The maximum absolute atomic E-state index is 14.2. The van der Waals surface area contributed by atoms with Crippen LogP contribution >= 0.6 is 0 Å². The number of hydrogen-bond acceptors (Lipinski definition) is 2. The lowest BCUT2D eigenvalue weighted by Gasteiger charge is -2.31. The van der Waals surface area contributed by atoms with Crippen molar-refractivity contribution < 1.29 is 4.79 Å². The number of nitrogens with zero attached hydrogens (tertiary/aromatic N) is 1. The zero-order chi connectivity index (χ0) is 31.5. The highest BCUT2D eigenvalue weighted by Crippen LogP contribution is 2.46. The van der Waals surface area contributed by atoms with E-state index in [9.17, 15) is 4.79 Å². The standard InChI is InChI=1S/C44H35NO/c1-3-32(33-17-6-4-7-18-33)28-29-41(37-23-11-10-16-31(37)2)45(36-22-14-21-35(30-36)34-19-8-5-9-20-34)42-27-15-26-39-38-24-12-13-25-40(38)44(46)43(39)42/h3-31H,1-2H3/b29-28-,32-3+,41-37-. The zero-order valence-electron chi connectivity index (χ0n) is 26.1. The number of anilines is 2. The Labute approximate surface area is 271 Å². The van der Waals surface area contributed by atoms with Crippen LogP contribution in [0.1, 0.15) is 35.3 Å². The minimum absolute atomic E-state index is 0.0595. The maximum Gasteiger partial charge on any atom is 0.196 e. The molecule has 5 aromatic carbocycles. The first-order valence-electron chi connectivity index (χ1n) is 15.9. The van der Waals surface area contributed by atoms with E-state index in [1.807, 2.05) is 30.3 Å². The molecule has 0 N–H and O–H groups in total. The summed E-state index contributed by atoms with van der Waals surface area (Å²) in [5, 5.41) is 0. The third kappa shape index (κ3) is 5.39. The van der Waals surface area contributed by atoms with Gasteiger partial charge < -0.3 is 4.90 Å². The van der Waals surface area contributed by atoms with E-state index in [1.54, 1.807) is 0 Å². The Morgan fingerprint density at radius 1 is 0.674 bits per heavy atom. The Kier molecular flexibility index (Phi) is 8.01. The van der Waals surface area contributed by atoms with Gasteiger partial charge in [-0.1, -0.05) is 153 Å². The number of benzene rings is 5. The van der Waals surface area contributed by atoms with Gasteiger partial charge in [-0.05, 0) is 70.2 Å².